The molecule has 3 rings (SSSR count). The Morgan fingerprint density at radius 3 is 1.92 bits per heavy atom. The van der Waals surface area contributed by atoms with Crippen LogP contribution in [-0.4, -0.2) is 55.1 Å². The first-order chi connectivity index (χ1) is 17.6. The van der Waals surface area contributed by atoms with Crippen LogP contribution in [0.15, 0.2) is 18.2 Å². The number of methoxy groups -OCH3 is 2. The summed E-state index contributed by atoms with van der Waals surface area (Å²) >= 11 is 0. The van der Waals surface area contributed by atoms with Crippen LogP contribution in [0.5, 0.6) is 11.5 Å². The van der Waals surface area contributed by atoms with Crippen molar-refractivity contribution in [1.29, 1.82) is 0 Å². The predicted molar refractivity (Wildman–Crippen MR) is 146 cm³/mol. The Balaban J connectivity index is 0.000000308. The molecule has 0 spiro atoms. The maximum Gasteiger partial charge on any atom is 0.408 e. The number of ether oxygens (including phenoxy) is 3. The Kier molecular flexibility index (Phi) is 13.0. The van der Waals surface area contributed by atoms with Crippen LogP contribution >= 0.6 is 0 Å². The van der Waals surface area contributed by atoms with Crippen molar-refractivity contribution < 1.29 is 28.9 Å². The van der Waals surface area contributed by atoms with Crippen molar-refractivity contribution in [3.8, 4) is 11.5 Å². The molecule has 3 N–H and O–H groups in total. The maximum absolute atomic E-state index is 11.7. The highest BCUT2D eigenvalue weighted by molar-refractivity contribution is 5.80. The van der Waals surface area contributed by atoms with Crippen molar-refractivity contribution in [2.75, 3.05) is 14.2 Å². The average Bonchev–Trinajstić information content (AvgIpc) is 2.86. The number of carboxylic acid groups (broad SMARTS) is 1. The number of nitrogens with one attached hydrogen (secondary N) is 2. The van der Waals surface area contributed by atoms with Crippen molar-refractivity contribution >= 4 is 12.1 Å². The highest BCUT2D eigenvalue weighted by Gasteiger charge is 2.24. The normalized spacial score (nSPS) is 17.6. The van der Waals surface area contributed by atoms with E-state index < -0.39 is 23.7 Å². The highest BCUT2D eigenvalue weighted by Crippen LogP contribution is 2.28. The summed E-state index contributed by atoms with van der Waals surface area (Å²) < 4.78 is 15.5. The van der Waals surface area contributed by atoms with E-state index in [1.54, 1.807) is 40.0 Å². The van der Waals surface area contributed by atoms with Gasteiger partial charge in [0.25, 0.3) is 0 Å². The third kappa shape index (κ3) is 12.1. The van der Waals surface area contributed by atoms with Gasteiger partial charge >= 0.3 is 12.1 Å². The van der Waals surface area contributed by atoms with Crippen molar-refractivity contribution in [1.82, 2.24) is 10.6 Å². The second kappa shape index (κ2) is 15.7. The Morgan fingerprint density at radius 1 is 0.919 bits per heavy atom. The molecular weight excluding hydrogens is 472 g/mol. The third-order valence-electron chi connectivity index (χ3n) is 6.84. The van der Waals surface area contributed by atoms with Gasteiger partial charge in [-0.1, -0.05) is 44.6 Å². The van der Waals surface area contributed by atoms with Gasteiger partial charge in [0.2, 0.25) is 0 Å². The quantitative estimate of drug-likeness (QED) is 0.375. The minimum Gasteiger partial charge on any atom is -0.493 e. The summed E-state index contributed by atoms with van der Waals surface area (Å²) in [7, 11) is 3.08. The van der Waals surface area contributed by atoms with Crippen LogP contribution in [0.25, 0.3) is 0 Å². The Hall–Kier alpha value is -2.48. The van der Waals surface area contributed by atoms with E-state index in [-0.39, 0.29) is 6.42 Å². The molecule has 2 aliphatic rings. The van der Waals surface area contributed by atoms with E-state index in [1.807, 2.05) is 6.07 Å². The fourth-order valence-corrected chi connectivity index (χ4v) is 4.93. The van der Waals surface area contributed by atoms with Crippen molar-refractivity contribution in [2.24, 2.45) is 0 Å². The number of carbonyl (C=O) groups excluding carboxylic acids is 1. The van der Waals surface area contributed by atoms with Gasteiger partial charge in [-0.2, -0.15) is 0 Å². The second-order valence-corrected chi connectivity index (χ2v) is 11.1. The SMILES string of the molecule is C1CCC(NC2CCCCC2)CC1.COc1ccc(CC[C@H](NC(=O)OC(C)(C)C)C(=O)O)cc1OC. The standard InChI is InChI=1S/C17H25NO6.C12H23N/c1-17(2,3)24-16(21)18-12(15(19)20)8-6-11-7-9-13(22-4)14(10-11)23-5;1-3-7-11(8-4-1)13-12-9-5-2-6-10-12/h7,9-10,12H,6,8H2,1-5H3,(H,18,21)(H,19,20);11-13H,1-10H2/t12-;/m0./s1. The molecule has 210 valence electrons. The maximum atomic E-state index is 11.7. The van der Waals surface area contributed by atoms with Crippen LogP contribution in [-0.2, 0) is 16.0 Å². The van der Waals surface area contributed by atoms with Gasteiger partial charge in [0, 0.05) is 12.1 Å². The molecule has 0 radical (unpaired) electrons. The smallest absolute Gasteiger partial charge is 0.408 e. The number of amides is 1. The van der Waals surface area contributed by atoms with E-state index in [4.69, 9.17) is 14.2 Å². The van der Waals surface area contributed by atoms with Gasteiger partial charge in [0.1, 0.15) is 11.6 Å². The molecule has 1 aromatic carbocycles. The van der Waals surface area contributed by atoms with Crippen LogP contribution in [0.3, 0.4) is 0 Å². The molecule has 8 nitrogen and oxygen atoms in total. The number of alkyl carbamates (subject to hydrolysis) is 1. The minimum absolute atomic E-state index is 0.226. The van der Waals surface area contributed by atoms with E-state index in [2.05, 4.69) is 10.6 Å². The summed E-state index contributed by atoms with van der Waals surface area (Å²) in [5.41, 5.74) is 0.195. The molecule has 8 heteroatoms. The topological polar surface area (TPSA) is 106 Å². The fourth-order valence-electron chi connectivity index (χ4n) is 4.93. The lowest BCUT2D eigenvalue weighted by Crippen LogP contribution is -2.43. The molecule has 0 unspecified atom stereocenters. The van der Waals surface area contributed by atoms with Crippen molar-refractivity contribution in [2.45, 2.75) is 122 Å². The first-order valence-electron chi connectivity index (χ1n) is 13.8. The minimum atomic E-state index is -1.11. The molecule has 1 aromatic rings. The van der Waals surface area contributed by atoms with Gasteiger partial charge in [0.15, 0.2) is 11.5 Å². The molecule has 1 amide bonds. The number of hydrogen-bond donors (Lipinski definition) is 3. The number of carbonyl (C=O) groups is 2. The lowest BCUT2D eigenvalue weighted by molar-refractivity contribution is -0.139. The van der Waals surface area contributed by atoms with E-state index in [0.717, 1.165) is 17.6 Å². The average molecular weight is 521 g/mol. The van der Waals surface area contributed by atoms with E-state index in [9.17, 15) is 14.7 Å². The summed E-state index contributed by atoms with van der Waals surface area (Å²) in [6.45, 7) is 5.14. The van der Waals surface area contributed by atoms with Gasteiger partial charge in [-0.15, -0.1) is 0 Å². The molecule has 37 heavy (non-hydrogen) atoms. The number of carboxylic acids is 1. The summed E-state index contributed by atoms with van der Waals surface area (Å²) in [4.78, 5) is 23.1. The number of aliphatic carboxylic acids is 1. The molecular formula is C29H48N2O6. The van der Waals surface area contributed by atoms with Crippen LogP contribution in [0.2, 0.25) is 0 Å². The van der Waals surface area contributed by atoms with Crippen LogP contribution in [0.4, 0.5) is 4.79 Å². The third-order valence-corrected chi connectivity index (χ3v) is 6.84. The molecule has 0 saturated heterocycles. The summed E-state index contributed by atoms with van der Waals surface area (Å²) in [5.74, 6) is 0.0613. The van der Waals surface area contributed by atoms with Crippen LogP contribution < -0.4 is 20.1 Å². The predicted octanol–water partition coefficient (Wildman–Crippen LogP) is 5.86. The molecule has 0 heterocycles. The van der Waals surface area contributed by atoms with E-state index >= 15 is 0 Å². The summed E-state index contributed by atoms with van der Waals surface area (Å²) in [6.07, 6.45) is 14.5. The van der Waals surface area contributed by atoms with Gasteiger partial charge in [-0.25, -0.2) is 9.59 Å². The fraction of sp³-hybridized carbons (Fsp3) is 0.724. The van der Waals surface area contributed by atoms with E-state index in [1.165, 1.54) is 71.3 Å². The zero-order valence-corrected chi connectivity index (χ0v) is 23.4. The van der Waals surface area contributed by atoms with Crippen LogP contribution in [0, 0.1) is 0 Å². The van der Waals surface area contributed by atoms with Crippen molar-refractivity contribution in [3.05, 3.63) is 23.8 Å². The molecule has 0 aromatic heterocycles. The van der Waals surface area contributed by atoms with Gasteiger partial charge in [0.05, 0.1) is 14.2 Å². The zero-order chi connectivity index (χ0) is 27.3. The lowest BCUT2D eigenvalue weighted by atomic mass is 9.91. The first kappa shape index (κ1) is 30.7. The summed E-state index contributed by atoms with van der Waals surface area (Å²) in [6, 6.07) is 6.08. The number of hydrogen-bond acceptors (Lipinski definition) is 6. The molecule has 2 fully saturated rings. The molecule has 1 atom stereocenters. The zero-order valence-electron chi connectivity index (χ0n) is 23.4. The molecule has 2 aliphatic carbocycles. The lowest BCUT2D eigenvalue weighted by Gasteiger charge is -2.30. The Morgan fingerprint density at radius 2 is 1.46 bits per heavy atom. The van der Waals surface area contributed by atoms with E-state index in [0.29, 0.717) is 17.9 Å². The van der Waals surface area contributed by atoms with Crippen molar-refractivity contribution in [3.63, 3.8) is 0 Å². The molecule has 2 saturated carbocycles. The van der Waals surface area contributed by atoms with Gasteiger partial charge in [-0.3, -0.25) is 0 Å². The van der Waals surface area contributed by atoms with Gasteiger partial charge < -0.3 is 30.0 Å². The Bertz CT molecular complexity index is 810. The second-order valence-electron chi connectivity index (χ2n) is 11.1. The largest absolute Gasteiger partial charge is 0.493 e. The van der Waals surface area contributed by atoms with Crippen LogP contribution in [0.1, 0.15) is 97.0 Å². The number of aryl methyl sites for hydroxylation is 1. The van der Waals surface area contributed by atoms with Gasteiger partial charge in [-0.05, 0) is 77.0 Å². The Labute approximate surface area is 222 Å². The number of benzene rings is 1. The monoisotopic (exact) mass is 520 g/mol. The first-order valence-corrected chi connectivity index (χ1v) is 13.8. The highest BCUT2D eigenvalue weighted by atomic mass is 16.6. The molecule has 0 aliphatic heterocycles. The molecule has 0 bridgehead atoms. The summed E-state index contributed by atoms with van der Waals surface area (Å²) in [5, 5.41) is 15.5. The number of rotatable bonds is 9.